The monoisotopic (exact) mass is 381 g/mol. The molecule has 136 valence electrons. The van der Waals surface area contributed by atoms with E-state index in [-0.39, 0.29) is 11.4 Å². The first-order valence-electron chi connectivity index (χ1n) is 8.06. The highest BCUT2D eigenvalue weighted by molar-refractivity contribution is 6.31. The fraction of sp³-hybridized carbons (Fsp3) is 0.0500. The van der Waals surface area contributed by atoms with E-state index in [4.69, 9.17) is 16.3 Å². The number of methoxy groups -OCH3 is 1. The molecule has 0 amide bonds. The number of ether oxygens (including phenoxy) is 1. The molecule has 0 saturated carbocycles. The molecule has 7 heteroatoms. The second kappa shape index (κ2) is 8.33. The maximum Gasteiger partial charge on any atom is 0.311 e. The van der Waals surface area contributed by atoms with Gasteiger partial charge >= 0.3 is 5.69 Å². The lowest BCUT2D eigenvalue weighted by Gasteiger charge is -2.10. The Labute approximate surface area is 161 Å². The number of rotatable bonds is 6. The van der Waals surface area contributed by atoms with Crippen LogP contribution in [0.15, 0.2) is 77.9 Å². The minimum absolute atomic E-state index is 0.135. The molecule has 0 aliphatic rings. The fourth-order valence-corrected chi connectivity index (χ4v) is 2.73. The summed E-state index contributed by atoms with van der Waals surface area (Å²) in [7, 11) is 1.39. The number of nitrogens with one attached hydrogen (secondary N) is 1. The van der Waals surface area contributed by atoms with Gasteiger partial charge in [0.15, 0.2) is 5.75 Å². The number of nitrogens with zero attached hydrogens (tertiary/aromatic N) is 2. The second-order valence-electron chi connectivity index (χ2n) is 5.59. The molecule has 0 saturated heterocycles. The number of para-hydroxylation sites is 1. The maximum atomic E-state index is 11.4. The number of hydrazone groups is 1. The highest BCUT2D eigenvalue weighted by Gasteiger charge is 2.18. The summed E-state index contributed by atoms with van der Waals surface area (Å²) in [5.41, 5.74) is 5.45. The Morgan fingerprint density at radius 1 is 1.04 bits per heavy atom. The SMILES string of the molecule is COc1ccc(C(=NNc2ccccc2)c2cccc(Cl)c2)cc1[N+](=O)[O-]. The predicted molar refractivity (Wildman–Crippen MR) is 107 cm³/mol. The zero-order valence-electron chi connectivity index (χ0n) is 14.4. The van der Waals surface area contributed by atoms with E-state index in [1.165, 1.54) is 13.2 Å². The van der Waals surface area contributed by atoms with Gasteiger partial charge in [-0.05, 0) is 36.4 Å². The third-order valence-electron chi connectivity index (χ3n) is 3.82. The van der Waals surface area contributed by atoms with Crippen molar-refractivity contribution in [3.8, 4) is 5.75 Å². The van der Waals surface area contributed by atoms with Crippen LogP contribution in [-0.2, 0) is 0 Å². The molecule has 0 bridgehead atoms. The number of nitro benzene ring substituents is 1. The van der Waals surface area contributed by atoms with Crippen LogP contribution in [0.1, 0.15) is 11.1 Å². The second-order valence-corrected chi connectivity index (χ2v) is 6.03. The van der Waals surface area contributed by atoms with E-state index in [0.717, 1.165) is 11.3 Å². The summed E-state index contributed by atoms with van der Waals surface area (Å²) < 4.78 is 5.08. The lowest BCUT2D eigenvalue weighted by Crippen LogP contribution is -2.08. The molecule has 0 atom stereocenters. The van der Waals surface area contributed by atoms with Gasteiger partial charge in [0.2, 0.25) is 0 Å². The van der Waals surface area contributed by atoms with Gasteiger partial charge in [0.05, 0.1) is 23.4 Å². The molecule has 3 rings (SSSR count). The third kappa shape index (κ3) is 4.43. The van der Waals surface area contributed by atoms with Crippen LogP contribution in [0, 0.1) is 10.1 Å². The Kier molecular flexibility index (Phi) is 5.68. The van der Waals surface area contributed by atoms with Gasteiger partial charge in [-0.1, -0.05) is 41.9 Å². The molecule has 0 aliphatic heterocycles. The van der Waals surface area contributed by atoms with Gasteiger partial charge in [-0.15, -0.1) is 0 Å². The first-order chi connectivity index (χ1) is 13.1. The van der Waals surface area contributed by atoms with Gasteiger partial charge in [-0.3, -0.25) is 15.5 Å². The minimum atomic E-state index is -0.484. The number of anilines is 1. The molecule has 6 nitrogen and oxygen atoms in total. The van der Waals surface area contributed by atoms with Crippen LogP contribution in [0.4, 0.5) is 11.4 Å². The number of halogens is 1. The Balaban J connectivity index is 2.09. The average molecular weight is 382 g/mol. The van der Waals surface area contributed by atoms with Crippen molar-refractivity contribution in [1.29, 1.82) is 0 Å². The zero-order valence-corrected chi connectivity index (χ0v) is 15.2. The third-order valence-corrected chi connectivity index (χ3v) is 4.05. The molecule has 0 fully saturated rings. The Hall–Kier alpha value is -3.38. The Morgan fingerprint density at radius 2 is 1.78 bits per heavy atom. The summed E-state index contributed by atoms with van der Waals surface area (Å²) in [4.78, 5) is 10.9. The average Bonchev–Trinajstić information content (AvgIpc) is 2.69. The Morgan fingerprint density at radius 3 is 2.44 bits per heavy atom. The highest BCUT2D eigenvalue weighted by Crippen LogP contribution is 2.29. The van der Waals surface area contributed by atoms with E-state index in [1.807, 2.05) is 36.4 Å². The lowest BCUT2D eigenvalue weighted by atomic mass is 10.0. The molecule has 1 N–H and O–H groups in total. The van der Waals surface area contributed by atoms with Crippen LogP contribution < -0.4 is 10.2 Å². The molecule has 0 aromatic heterocycles. The molecule has 27 heavy (non-hydrogen) atoms. The quantitative estimate of drug-likeness (QED) is 0.365. The smallest absolute Gasteiger partial charge is 0.311 e. The lowest BCUT2D eigenvalue weighted by molar-refractivity contribution is -0.385. The molecule has 0 aliphatic carbocycles. The van der Waals surface area contributed by atoms with Crippen LogP contribution in [0.5, 0.6) is 5.75 Å². The van der Waals surface area contributed by atoms with Crippen molar-refractivity contribution in [3.63, 3.8) is 0 Å². The highest BCUT2D eigenvalue weighted by atomic mass is 35.5. The molecule has 0 unspecified atom stereocenters. The van der Waals surface area contributed by atoms with E-state index >= 15 is 0 Å². The van der Waals surface area contributed by atoms with Crippen molar-refractivity contribution in [2.45, 2.75) is 0 Å². The van der Waals surface area contributed by atoms with Crippen molar-refractivity contribution < 1.29 is 9.66 Å². The van der Waals surface area contributed by atoms with Crippen LogP contribution in [-0.4, -0.2) is 17.7 Å². The predicted octanol–water partition coefficient (Wildman–Crippen LogP) is 5.12. The number of benzene rings is 3. The van der Waals surface area contributed by atoms with E-state index in [2.05, 4.69) is 10.5 Å². The van der Waals surface area contributed by atoms with Crippen molar-refractivity contribution in [3.05, 3.63) is 99.1 Å². The first-order valence-corrected chi connectivity index (χ1v) is 8.44. The first kappa shape index (κ1) is 18.4. The summed E-state index contributed by atoms with van der Waals surface area (Å²) in [5, 5.41) is 16.4. The van der Waals surface area contributed by atoms with Crippen LogP contribution >= 0.6 is 11.6 Å². The summed E-state index contributed by atoms with van der Waals surface area (Å²) in [6.45, 7) is 0. The van der Waals surface area contributed by atoms with Crippen molar-refractivity contribution in [2.24, 2.45) is 5.10 Å². The molecule has 0 radical (unpaired) electrons. The summed E-state index contributed by atoms with van der Waals surface area (Å²) in [6, 6.07) is 21.3. The van der Waals surface area contributed by atoms with Crippen LogP contribution in [0.25, 0.3) is 0 Å². The molecule has 0 heterocycles. The standard InChI is InChI=1S/C20H16ClN3O3/c1-27-19-11-10-15(13-18(19)24(25)26)20(14-6-5-7-16(21)12-14)23-22-17-8-3-2-4-9-17/h2-13,22H,1H3. The minimum Gasteiger partial charge on any atom is -0.490 e. The van der Waals surface area contributed by atoms with Crippen molar-refractivity contribution >= 4 is 28.7 Å². The number of nitro groups is 1. The fourth-order valence-electron chi connectivity index (χ4n) is 2.54. The molecule has 0 spiro atoms. The van der Waals surface area contributed by atoms with E-state index in [9.17, 15) is 10.1 Å². The van der Waals surface area contributed by atoms with Crippen molar-refractivity contribution in [2.75, 3.05) is 12.5 Å². The molecule has 3 aromatic rings. The van der Waals surface area contributed by atoms with E-state index in [0.29, 0.717) is 16.3 Å². The molecular weight excluding hydrogens is 366 g/mol. The maximum absolute atomic E-state index is 11.4. The summed E-state index contributed by atoms with van der Waals surface area (Å²) in [5.74, 6) is 0.185. The van der Waals surface area contributed by atoms with Gasteiger partial charge < -0.3 is 4.74 Å². The largest absolute Gasteiger partial charge is 0.490 e. The van der Waals surface area contributed by atoms with E-state index < -0.39 is 4.92 Å². The Bertz CT molecular complexity index is 991. The molecule has 3 aromatic carbocycles. The van der Waals surface area contributed by atoms with Gasteiger partial charge in [0, 0.05) is 22.2 Å². The zero-order chi connectivity index (χ0) is 19.2. The van der Waals surface area contributed by atoms with Gasteiger partial charge in [0.25, 0.3) is 0 Å². The molecular formula is C20H16ClN3O3. The van der Waals surface area contributed by atoms with Crippen molar-refractivity contribution in [1.82, 2.24) is 0 Å². The number of hydrogen-bond acceptors (Lipinski definition) is 5. The normalized spacial score (nSPS) is 11.1. The summed E-state index contributed by atoms with van der Waals surface area (Å²) >= 11 is 6.12. The number of hydrogen-bond donors (Lipinski definition) is 1. The van der Waals surface area contributed by atoms with Gasteiger partial charge in [-0.25, -0.2) is 0 Å². The summed E-state index contributed by atoms with van der Waals surface area (Å²) in [6.07, 6.45) is 0. The van der Waals surface area contributed by atoms with Gasteiger partial charge in [0.1, 0.15) is 0 Å². The van der Waals surface area contributed by atoms with E-state index in [1.54, 1.807) is 30.3 Å². The topological polar surface area (TPSA) is 76.8 Å². The van der Waals surface area contributed by atoms with Crippen LogP contribution in [0.2, 0.25) is 5.02 Å². The van der Waals surface area contributed by atoms with Gasteiger partial charge in [-0.2, -0.15) is 5.10 Å². The van der Waals surface area contributed by atoms with Crippen LogP contribution in [0.3, 0.4) is 0 Å².